The van der Waals surface area contributed by atoms with Gasteiger partial charge in [-0.05, 0) is 49.8 Å². The predicted molar refractivity (Wildman–Crippen MR) is 101 cm³/mol. The normalized spacial score (nSPS) is 12.1. The Morgan fingerprint density at radius 1 is 1.11 bits per heavy atom. The van der Waals surface area contributed by atoms with Crippen molar-refractivity contribution in [1.82, 2.24) is 10.2 Å². The molecule has 6 nitrogen and oxygen atoms in total. The molecule has 0 saturated heterocycles. The van der Waals surface area contributed by atoms with Crippen LogP contribution >= 0.6 is 0 Å². The van der Waals surface area contributed by atoms with E-state index in [-0.39, 0.29) is 5.89 Å². The molecule has 0 N–H and O–H groups in total. The lowest BCUT2D eigenvalue weighted by Crippen LogP contribution is -2.06. The minimum absolute atomic E-state index is 0.247. The van der Waals surface area contributed by atoms with E-state index < -0.39 is 12.1 Å². The molecule has 0 unspecified atom stereocenters. The zero-order valence-electron chi connectivity index (χ0n) is 15.2. The molecule has 0 bridgehead atoms. The van der Waals surface area contributed by atoms with Crippen molar-refractivity contribution in [3.05, 3.63) is 72.1 Å². The molecule has 0 saturated carbocycles. The Balaban J connectivity index is 1.58. The molecule has 2 aromatic carbocycles. The zero-order chi connectivity index (χ0) is 19.1. The minimum atomic E-state index is -0.646. The van der Waals surface area contributed by atoms with Crippen molar-refractivity contribution in [2.24, 2.45) is 0 Å². The number of carbonyl (C=O) groups is 1. The Kier molecular flexibility index (Phi) is 5.99. The molecule has 0 fully saturated rings. The summed E-state index contributed by atoms with van der Waals surface area (Å²) >= 11 is 0. The summed E-state index contributed by atoms with van der Waals surface area (Å²) in [6.07, 6.45) is 2.39. The van der Waals surface area contributed by atoms with Gasteiger partial charge in [-0.2, -0.15) is 0 Å². The summed E-state index contributed by atoms with van der Waals surface area (Å²) in [7, 11) is 0. The molecule has 0 aliphatic carbocycles. The maximum absolute atomic E-state index is 12.0. The molecule has 0 aliphatic rings. The molecule has 6 heteroatoms. The monoisotopic (exact) mass is 364 g/mol. The summed E-state index contributed by atoms with van der Waals surface area (Å²) in [6, 6.07) is 16.8. The van der Waals surface area contributed by atoms with Crippen molar-refractivity contribution in [3.8, 4) is 17.2 Å². The van der Waals surface area contributed by atoms with Crippen LogP contribution in [0.15, 0.2) is 65.1 Å². The van der Waals surface area contributed by atoms with Gasteiger partial charge >= 0.3 is 5.97 Å². The Morgan fingerprint density at radius 3 is 2.56 bits per heavy atom. The second kappa shape index (κ2) is 8.80. The quantitative estimate of drug-likeness (QED) is 0.455. The summed E-state index contributed by atoms with van der Waals surface area (Å²) < 4.78 is 16.3. The van der Waals surface area contributed by atoms with Gasteiger partial charge < -0.3 is 13.9 Å². The molecular formula is C21H20N2O4. The van der Waals surface area contributed by atoms with E-state index in [4.69, 9.17) is 13.9 Å². The standard InChI is InChI=1S/C21H20N2O4/c1-3-25-18-12-9-16(10-13-18)11-14-19(24)26-15(2)20-22-23-21(27-20)17-7-5-4-6-8-17/h4-15H,3H2,1-2H3/b14-11+/t15-/m1/s1. The van der Waals surface area contributed by atoms with Crippen LogP contribution in [0.3, 0.4) is 0 Å². The topological polar surface area (TPSA) is 74.5 Å². The highest BCUT2D eigenvalue weighted by molar-refractivity contribution is 5.87. The second-order valence-corrected chi connectivity index (χ2v) is 5.73. The molecule has 1 atom stereocenters. The average molecular weight is 364 g/mol. The van der Waals surface area contributed by atoms with Crippen molar-refractivity contribution >= 4 is 12.0 Å². The Hall–Kier alpha value is -3.41. The first-order chi connectivity index (χ1) is 13.2. The van der Waals surface area contributed by atoms with Gasteiger partial charge in [0.05, 0.1) is 6.61 Å². The summed E-state index contributed by atoms with van der Waals surface area (Å²) in [5, 5.41) is 7.95. The van der Waals surface area contributed by atoms with Crippen molar-refractivity contribution in [3.63, 3.8) is 0 Å². The third-order valence-electron chi connectivity index (χ3n) is 3.71. The number of nitrogens with zero attached hydrogens (tertiary/aromatic N) is 2. The summed E-state index contributed by atoms with van der Waals surface area (Å²) in [5.41, 5.74) is 1.68. The van der Waals surface area contributed by atoms with E-state index in [0.717, 1.165) is 16.9 Å². The van der Waals surface area contributed by atoms with Crippen LogP contribution < -0.4 is 4.74 Å². The highest BCUT2D eigenvalue weighted by Gasteiger charge is 2.17. The molecule has 138 valence electrons. The lowest BCUT2D eigenvalue weighted by molar-refractivity contribution is -0.143. The number of hydrogen-bond acceptors (Lipinski definition) is 6. The molecule has 3 aromatic rings. The first-order valence-electron chi connectivity index (χ1n) is 8.66. The molecule has 0 radical (unpaired) electrons. The third kappa shape index (κ3) is 5.04. The van der Waals surface area contributed by atoms with Gasteiger partial charge in [0.1, 0.15) is 5.75 Å². The van der Waals surface area contributed by atoms with Crippen LogP contribution in [0.1, 0.15) is 31.4 Å². The lowest BCUT2D eigenvalue weighted by Gasteiger charge is -2.07. The zero-order valence-corrected chi connectivity index (χ0v) is 15.2. The fraction of sp³-hybridized carbons (Fsp3) is 0.190. The third-order valence-corrected chi connectivity index (χ3v) is 3.71. The number of ether oxygens (including phenoxy) is 2. The van der Waals surface area contributed by atoms with Crippen LogP contribution in [0, 0.1) is 0 Å². The van der Waals surface area contributed by atoms with Crippen molar-refractivity contribution in [2.75, 3.05) is 6.61 Å². The van der Waals surface area contributed by atoms with E-state index >= 15 is 0 Å². The van der Waals surface area contributed by atoms with E-state index in [1.165, 1.54) is 6.08 Å². The van der Waals surface area contributed by atoms with Crippen LogP contribution in [0.2, 0.25) is 0 Å². The Labute approximate surface area is 157 Å². The van der Waals surface area contributed by atoms with Gasteiger partial charge in [0.2, 0.25) is 5.89 Å². The molecule has 0 spiro atoms. The summed E-state index contributed by atoms with van der Waals surface area (Å²) in [4.78, 5) is 12.0. The fourth-order valence-electron chi connectivity index (χ4n) is 2.37. The van der Waals surface area contributed by atoms with Gasteiger partial charge in [-0.3, -0.25) is 0 Å². The van der Waals surface area contributed by atoms with Crippen LogP contribution in [0.25, 0.3) is 17.5 Å². The largest absolute Gasteiger partial charge is 0.494 e. The van der Waals surface area contributed by atoms with E-state index in [1.54, 1.807) is 13.0 Å². The van der Waals surface area contributed by atoms with E-state index in [0.29, 0.717) is 12.5 Å². The van der Waals surface area contributed by atoms with Gasteiger partial charge in [-0.25, -0.2) is 4.79 Å². The molecular weight excluding hydrogens is 344 g/mol. The molecule has 0 amide bonds. The number of hydrogen-bond donors (Lipinski definition) is 0. The molecule has 3 rings (SSSR count). The fourth-order valence-corrected chi connectivity index (χ4v) is 2.37. The predicted octanol–water partition coefficient (Wildman–Crippen LogP) is 4.45. The van der Waals surface area contributed by atoms with Gasteiger partial charge in [0.15, 0.2) is 6.10 Å². The number of benzene rings is 2. The molecule has 1 heterocycles. The van der Waals surface area contributed by atoms with Gasteiger partial charge in [-0.1, -0.05) is 30.3 Å². The molecule has 27 heavy (non-hydrogen) atoms. The molecule has 1 aromatic heterocycles. The number of rotatable bonds is 7. The van der Waals surface area contributed by atoms with E-state index in [9.17, 15) is 4.79 Å². The maximum Gasteiger partial charge on any atom is 0.331 e. The van der Waals surface area contributed by atoms with Crippen LogP contribution in [-0.2, 0) is 9.53 Å². The van der Waals surface area contributed by atoms with Crippen LogP contribution in [0.5, 0.6) is 5.75 Å². The smallest absolute Gasteiger partial charge is 0.331 e. The number of carbonyl (C=O) groups excluding carboxylic acids is 1. The average Bonchev–Trinajstić information content (AvgIpc) is 3.19. The highest BCUT2D eigenvalue weighted by atomic mass is 16.6. The number of esters is 1. The van der Waals surface area contributed by atoms with Crippen LogP contribution in [0.4, 0.5) is 0 Å². The van der Waals surface area contributed by atoms with Gasteiger partial charge in [0, 0.05) is 11.6 Å². The van der Waals surface area contributed by atoms with Gasteiger partial charge in [-0.15, -0.1) is 10.2 Å². The van der Waals surface area contributed by atoms with E-state index in [2.05, 4.69) is 10.2 Å². The highest BCUT2D eigenvalue weighted by Crippen LogP contribution is 2.22. The Bertz CT molecular complexity index is 901. The second-order valence-electron chi connectivity index (χ2n) is 5.73. The van der Waals surface area contributed by atoms with Crippen molar-refractivity contribution in [2.45, 2.75) is 20.0 Å². The molecule has 0 aliphatic heterocycles. The lowest BCUT2D eigenvalue weighted by atomic mass is 10.2. The Morgan fingerprint density at radius 2 is 1.85 bits per heavy atom. The number of aromatic nitrogens is 2. The summed E-state index contributed by atoms with van der Waals surface area (Å²) in [5.74, 6) is 0.933. The first-order valence-corrected chi connectivity index (χ1v) is 8.66. The SMILES string of the molecule is CCOc1ccc(/C=C/C(=O)O[C@H](C)c2nnc(-c3ccccc3)o2)cc1. The van der Waals surface area contributed by atoms with Crippen molar-refractivity contribution < 1.29 is 18.7 Å². The maximum atomic E-state index is 12.0. The van der Waals surface area contributed by atoms with E-state index in [1.807, 2.05) is 61.5 Å². The van der Waals surface area contributed by atoms with Crippen molar-refractivity contribution in [1.29, 1.82) is 0 Å². The first kappa shape index (κ1) is 18.4. The minimum Gasteiger partial charge on any atom is -0.494 e. The summed E-state index contributed by atoms with van der Waals surface area (Å²) in [6.45, 7) is 4.23. The van der Waals surface area contributed by atoms with Gasteiger partial charge in [0.25, 0.3) is 5.89 Å². The van der Waals surface area contributed by atoms with Crippen LogP contribution in [-0.4, -0.2) is 22.8 Å².